The van der Waals surface area contributed by atoms with Crippen LogP contribution in [0.3, 0.4) is 0 Å². The van der Waals surface area contributed by atoms with Crippen molar-refractivity contribution in [2.24, 2.45) is 0 Å². The van der Waals surface area contributed by atoms with Crippen LogP contribution in [0.25, 0.3) is 0 Å². The Balaban J connectivity index is 1.97. The molecule has 0 aliphatic rings. The van der Waals surface area contributed by atoms with E-state index in [-0.39, 0.29) is 17.5 Å². The third kappa shape index (κ3) is 4.84. The SMILES string of the molecule is Cc1cc(C(=O)C[C@H](Sc2ccccc2N)c2c(Cl)cccc2Cl)ccc1Cl. The van der Waals surface area contributed by atoms with Gasteiger partial charge in [-0.1, -0.05) is 53.0 Å². The van der Waals surface area contributed by atoms with Crippen molar-refractivity contribution in [1.82, 2.24) is 0 Å². The summed E-state index contributed by atoms with van der Waals surface area (Å²) in [6.07, 6.45) is 0.226. The number of thioether (sulfide) groups is 1. The molecule has 144 valence electrons. The van der Waals surface area contributed by atoms with E-state index in [4.69, 9.17) is 40.5 Å². The van der Waals surface area contributed by atoms with Crippen LogP contribution in [-0.4, -0.2) is 5.78 Å². The molecule has 3 rings (SSSR count). The van der Waals surface area contributed by atoms with Gasteiger partial charge in [0.15, 0.2) is 5.78 Å². The number of hydrogen-bond acceptors (Lipinski definition) is 3. The van der Waals surface area contributed by atoms with Crippen molar-refractivity contribution in [3.63, 3.8) is 0 Å². The summed E-state index contributed by atoms with van der Waals surface area (Å²) in [4.78, 5) is 13.9. The summed E-state index contributed by atoms with van der Waals surface area (Å²) < 4.78 is 0. The van der Waals surface area contributed by atoms with Gasteiger partial charge in [-0.3, -0.25) is 4.79 Å². The third-order valence-corrected chi connectivity index (χ3v) is 6.76. The predicted octanol–water partition coefficient (Wildman–Crippen LogP) is 7.64. The molecule has 0 spiro atoms. The Labute approximate surface area is 184 Å². The highest BCUT2D eigenvalue weighted by atomic mass is 35.5. The van der Waals surface area contributed by atoms with Gasteiger partial charge in [-0.25, -0.2) is 0 Å². The average molecular weight is 451 g/mol. The number of halogens is 3. The van der Waals surface area contributed by atoms with E-state index in [1.54, 1.807) is 36.4 Å². The molecular formula is C22H18Cl3NOS. The largest absolute Gasteiger partial charge is 0.398 e. The van der Waals surface area contributed by atoms with E-state index in [0.717, 1.165) is 16.0 Å². The molecule has 2 N–H and O–H groups in total. The fourth-order valence-electron chi connectivity index (χ4n) is 2.87. The average Bonchev–Trinajstić information content (AvgIpc) is 2.65. The first-order valence-electron chi connectivity index (χ1n) is 8.61. The molecule has 0 aliphatic heterocycles. The molecular weight excluding hydrogens is 433 g/mol. The van der Waals surface area contributed by atoms with Gasteiger partial charge in [-0.2, -0.15) is 0 Å². The topological polar surface area (TPSA) is 43.1 Å². The lowest BCUT2D eigenvalue weighted by atomic mass is 10.0. The van der Waals surface area contributed by atoms with Crippen LogP contribution in [-0.2, 0) is 0 Å². The second-order valence-electron chi connectivity index (χ2n) is 6.37. The Hall–Kier alpha value is -1.65. The van der Waals surface area contributed by atoms with Crippen molar-refractivity contribution in [3.8, 4) is 0 Å². The molecule has 3 aromatic carbocycles. The van der Waals surface area contributed by atoms with Crippen LogP contribution in [0.15, 0.2) is 65.6 Å². The molecule has 3 aromatic rings. The van der Waals surface area contributed by atoms with Crippen molar-refractivity contribution in [2.45, 2.75) is 23.5 Å². The Morgan fingerprint density at radius 2 is 1.64 bits per heavy atom. The summed E-state index contributed by atoms with van der Waals surface area (Å²) in [7, 11) is 0. The Kier molecular flexibility index (Phi) is 6.95. The van der Waals surface area contributed by atoms with Crippen LogP contribution in [0.5, 0.6) is 0 Å². The summed E-state index contributed by atoms with van der Waals surface area (Å²) in [5, 5.41) is 1.40. The van der Waals surface area contributed by atoms with Crippen LogP contribution in [0.1, 0.15) is 33.2 Å². The Morgan fingerprint density at radius 3 is 2.29 bits per heavy atom. The number of carbonyl (C=O) groups is 1. The van der Waals surface area contributed by atoms with Crippen molar-refractivity contribution >= 4 is 58.0 Å². The zero-order chi connectivity index (χ0) is 20.3. The smallest absolute Gasteiger partial charge is 0.164 e. The van der Waals surface area contributed by atoms with E-state index in [1.807, 2.05) is 31.2 Å². The summed E-state index contributed by atoms with van der Waals surface area (Å²) in [5.41, 5.74) is 8.97. The van der Waals surface area contributed by atoms with Crippen LogP contribution in [0, 0.1) is 6.92 Å². The lowest BCUT2D eigenvalue weighted by molar-refractivity contribution is 0.0982. The van der Waals surface area contributed by atoms with E-state index in [0.29, 0.717) is 26.3 Å². The second kappa shape index (κ2) is 9.23. The monoisotopic (exact) mass is 449 g/mol. The maximum absolute atomic E-state index is 13.0. The molecule has 1 atom stereocenters. The number of ketones is 1. The fourth-order valence-corrected chi connectivity index (χ4v) is 5.05. The van der Waals surface area contributed by atoms with Crippen molar-refractivity contribution in [1.29, 1.82) is 0 Å². The molecule has 0 saturated carbocycles. The number of nitrogen functional groups attached to an aromatic ring is 1. The quantitative estimate of drug-likeness (QED) is 0.238. The molecule has 0 heterocycles. The Bertz CT molecular complexity index is 1000. The van der Waals surface area contributed by atoms with E-state index >= 15 is 0 Å². The molecule has 2 nitrogen and oxygen atoms in total. The maximum atomic E-state index is 13.0. The lowest BCUT2D eigenvalue weighted by Crippen LogP contribution is -2.07. The standard InChI is InChI=1S/C22H18Cl3NOS/c1-13-11-14(9-10-15(13)23)19(27)12-21(22-16(24)5-4-6-17(22)25)28-20-8-3-2-7-18(20)26/h2-11,21H,12,26H2,1H3/t21-/m0/s1. The highest BCUT2D eigenvalue weighted by molar-refractivity contribution is 7.99. The third-order valence-electron chi connectivity index (χ3n) is 4.36. The number of carbonyl (C=O) groups excluding carboxylic acids is 1. The van der Waals surface area contributed by atoms with Crippen LogP contribution in [0.4, 0.5) is 5.69 Å². The van der Waals surface area contributed by atoms with E-state index in [2.05, 4.69) is 0 Å². The Morgan fingerprint density at radius 1 is 0.964 bits per heavy atom. The number of benzene rings is 3. The first kappa shape index (κ1) is 21.1. The van der Waals surface area contributed by atoms with Crippen LogP contribution >= 0.6 is 46.6 Å². The number of para-hydroxylation sites is 1. The first-order valence-corrected chi connectivity index (χ1v) is 10.6. The summed E-state index contributed by atoms with van der Waals surface area (Å²) >= 11 is 20.5. The van der Waals surface area contributed by atoms with Crippen LogP contribution < -0.4 is 5.73 Å². The van der Waals surface area contributed by atoms with Gasteiger partial charge in [0.05, 0.1) is 0 Å². The first-order chi connectivity index (χ1) is 13.4. The van der Waals surface area contributed by atoms with E-state index < -0.39 is 0 Å². The molecule has 28 heavy (non-hydrogen) atoms. The zero-order valence-corrected chi connectivity index (χ0v) is 18.2. The second-order valence-corrected chi connectivity index (χ2v) is 8.84. The van der Waals surface area contributed by atoms with Gasteiger partial charge in [0.25, 0.3) is 0 Å². The van der Waals surface area contributed by atoms with E-state index in [1.165, 1.54) is 11.8 Å². The van der Waals surface area contributed by atoms with Gasteiger partial charge in [-0.15, -0.1) is 11.8 Å². The molecule has 0 fully saturated rings. The number of nitrogens with two attached hydrogens (primary N) is 1. The minimum Gasteiger partial charge on any atom is -0.398 e. The molecule has 0 aliphatic carbocycles. The number of rotatable bonds is 6. The summed E-state index contributed by atoms with van der Waals surface area (Å²) in [6.45, 7) is 1.88. The zero-order valence-electron chi connectivity index (χ0n) is 15.1. The van der Waals surface area contributed by atoms with Crippen LogP contribution in [0.2, 0.25) is 15.1 Å². The number of Topliss-reactive ketones (excluding diaryl/α,β-unsaturated/α-hetero) is 1. The highest BCUT2D eigenvalue weighted by Crippen LogP contribution is 2.45. The van der Waals surface area contributed by atoms with Crippen molar-refractivity contribution in [2.75, 3.05) is 5.73 Å². The minimum absolute atomic E-state index is 0.0113. The molecule has 0 amide bonds. The number of hydrogen-bond donors (Lipinski definition) is 1. The molecule has 0 aromatic heterocycles. The summed E-state index contributed by atoms with van der Waals surface area (Å²) in [5.74, 6) is -0.0113. The normalized spacial score (nSPS) is 12.0. The number of aryl methyl sites for hydroxylation is 1. The van der Waals surface area contributed by atoms with E-state index in [9.17, 15) is 4.79 Å². The van der Waals surface area contributed by atoms with Crippen molar-refractivity contribution in [3.05, 3.63) is 92.4 Å². The number of anilines is 1. The lowest BCUT2D eigenvalue weighted by Gasteiger charge is -2.20. The summed E-state index contributed by atoms with van der Waals surface area (Å²) in [6, 6.07) is 18.2. The van der Waals surface area contributed by atoms with Gasteiger partial charge < -0.3 is 5.73 Å². The fraction of sp³-hybridized carbons (Fsp3) is 0.136. The van der Waals surface area contributed by atoms with Gasteiger partial charge in [0.2, 0.25) is 0 Å². The minimum atomic E-state index is -0.283. The molecule has 0 unspecified atom stereocenters. The van der Waals surface area contributed by atoms with Crippen molar-refractivity contribution < 1.29 is 4.79 Å². The molecule has 0 bridgehead atoms. The maximum Gasteiger partial charge on any atom is 0.164 e. The molecule has 0 saturated heterocycles. The predicted molar refractivity (Wildman–Crippen MR) is 121 cm³/mol. The highest BCUT2D eigenvalue weighted by Gasteiger charge is 2.24. The van der Waals surface area contributed by atoms with Gasteiger partial charge in [0, 0.05) is 48.4 Å². The molecule has 0 radical (unpaired) electrons. The van der Waals surface area contributed by atoms with Gasteiger partial charge in [0.1, 0.15) is 0 Å². The van der Waals surface area contributed by atoms with Gasteiger partial charge in [-0.05, 0) is 55.0 Å². The van der Waals surface area contributed by atoms with Gasteiger partial charge >= 0.3 is 0 Å². The molecule has 6 heteroatoms.